The number of sulfonamides is 1. The van der Waals surface area contributed by atoms with Gasteiger partial charge in [-0.3, -0.25) is 10.1 Å². The van der Waals surface area contributed by atoms with Crippen LogP contribution in [-0.2, 0) is 10.0 Å². The summed E-state index contributed by atoms with van der Waals surface area (Å²) < 4.78 is 26.6. The van der Waals surface area contributed by atoms with E-state index >= 15 is 0 Å². The van der Waals surface area contributed by atoms with Crippen LogP contribution in [0.2, 0.25) is 0 Å². The van der Waals surface area contributed by atoms with Crippen LogP contribution in [0.3, 0.4) is 0 Å². The third-order valence-corrected chi connectivity index (χ3v) is 7.67. The molecule has 0 atom stereocenters. The van der Waals surface area contributed by atoms with E-state index in [1.807, 2.05) is 26.2 Å². The second-order valence-electron chi connectivity index (χ2n) is 7.51. The van der Waals surface area contributed by atoms with Crippen LogP contribution in [0.25, 0.3) is 11.3 Å². The Kier molecular flexibility index (Phi) is 7.25. The Balaban J connectivity index is 1.72. The first-order chi connectivity index (χ1) is 14.7. The number of unbranched alkanes of at least 4 members (excludes halogenated alkanes) is 1. The smallest absolute Gasteiger partial charge is 0.257 e. The second-order valence-corrected chi connectivity index (χ2v) is 10.4. The normalized spacial score (nSPS) is 11.6. The molecule has 1 heterocycles. The van der Waals surface area contributed by atoms with Gasteiger partial charge in [0.05, 0.1) is 10.6 Å². The Morgan fingerprint density at radius 3 is 2.52 bits per heavy atom. The molecule has 8 heteroatoms. The first-order valence-corrected chi connectivity index (χ1v) is 12.4. The summed E-state index contributed by atoms with van der Waals surface area (Å²) in [5, 5.41) is 5.21. The van der Waals surface area contributed by atoms with Crippen molar-refractivity contribution < 1.29 is 13.2 Å². The lowest BCUT2D eigenvalue weighted by atomic mass is 10.0. The molecule has 0 aliphatic rings. The minimum Gasteiger partial charge on any atom is -0.298 e. The van der Waals surface area contributed by atoms with E-state index in [0.717, 1.165) is 35.2 Å². The van der Waals surface area contributed by atoms with Crippen LogP contribution < -0.4 is 5.32 Å². The van der Waals surface area contributed by atoms with E-state index in [1.165, 1.54) is 39.9 Å². The van der Waals surface area contributed by atoms with Crippen LogP contribution >= 0.6 is 11.3 Å². The van der Waals surface area contributed by atoms with Crippen molar-refractivity contribution in [3.8, 4) is 11.3 Å². The van der Waals surface area contributed by atoms with Crippen molar-refractivity contribution in [3.05, 3.63) is 64.5 Å². The highest BCUT2D eigenvalue weighted by atomic mass is 32.2. The Hall–Kier alpha value is -2.55. The van der Waals surface area contributed by atoms with Crippen LogP contribution in [0.4, 0.5) is 5.13 Å². The van der Waals surface area contributed by atoms with Crippen molar-refractivity contribution in [2.75, 3.05) is 18.9 Å². The van der Waals surface area contributed by atoms with E-state index in [1.54, 1.807) is 7.05 Å². The summed E-state index contributed by atoms with van der Waals surface area (Å²) in [6.07, 6.45) is 1.72. The van der Waals surface area contributed by atoms with Gasteiger partial charge in [-0.15, -0.1) is 11.3 Å². The number of anilines is 1. The molecule has 3 rings (SSSR count). The number of aryl methyl sites for hydroxylation is 2. The molecule has 3 aromatic rings. The summed E-state index contributed by atoms with van der Waals surface area (Å²) in [7, 11) is -1.99. The first kappa shape index (κ1) is 23.1. The van der Waals surface area contributed by atoms with E-state index in [9.17, 15) is 13.2 Å². The molecule has 0 radical (unpaired) electrons. The van der Waals surface area contributed by atoms with Crippen molar-refractivity contribution in [1.82, 2.24) is 9.29 Å². The Bertz CT molecular complexity index is 1170. The zero-order valence-electron chi connectivity index (χ0n) is 18.2. The number of aromatic nitrogens is 1. The lowest BCUT2D eigenvalue weighted by Crippen LogP contribution is -2.28. The molecule has 0 spiro atoms. The molecule has 0 bridgehead atoms. The molecule has 6 nitrogen and oxygen atoms in total. The molecule has 2 aromatic carbocycles. The van der Waals surface area contributed by atoms with Crippen LogP contribution in [0.15, 0.2) is 52.7 Å². The van der Waals surface area contributed by atoms with Gasteiger partial charge in [0.1, 0.15) is 0 Å². The van der Waals surface area contributed by atoms with Gasteiger partial charge in [0.2, 0.25) is 10.0 Å². The predicted octanol–water partition coefficient (Wildman–Crippen LogP) is 5.10. The van der Waals surface area contributed by atoms with Gasteiger partial charge in [0, 0.05) is 30.1 Å². The summed E-state index contributed by atoms with van der Waals surface area (Å²) in [5.41, 5.74) is 4.50. The van der Waals surface area contributed by atoms with E-state index < -0.39 is 10.0 Å². The first-order valence-electron chi connectivity index (χ1n) is 10.1. The molecule has 31 heavy (non-hydrogen) atoms. The Labute approximate surface area is 188 Å². The fourth-order valence-electron chi connectivity index (χ4n) is 3.10. The van der Waals surface area contributed by atoms with Gasteiger partial charge < -0.3 is 0 Å². The molecule has 1 amide bonds. The number of nitrogens with one attached hydrogen (secondary N) is 1. The summed E-state index contributed by atoms with van der Waals surface area (Å²) >= 11 is 1.36. The standard InChI is InChI=1S/C23H27N3O3S2/c1-5-6-13-26(4)31(28,29)19-11-9-18(10-12-19)22(27)25-23-24-21(15-30-23)20-14-16(2)7-8-17(20)3/h7-12,14-15H,5-6,13H2,1-4H3,(H,24,25,27). The molecule has 0 saturated carbocycles. The molecular formula is C23H27N3O3S2. The fraction of sp³-hybridized carbons (Fsp3) is 0.304. The van der Waals surface area contributed by atoms with Gasteiger partial charge in [-0.2, -0.15) is 0 Å². The topological polar surface area (TPSA) is 79.4 Å². The SMILES string of the molecule is CCCCN(C)S(=O)(=O)c1ccc(C(=O)Nc2nc(-c3cc(C)ccc3C)cs2)cc1. The van der Waals surface area contributed by atoms with Gasteiger partial charge in [-0.1, -0.05) is 31.0 Å². The van der Waals surface area contributed by atoms with Gasteiger partial charge in [-0.25, -0.2) is 17.7 Å². The summed E-state index contributed by atoms with van der Waals surface area (Å²) in [4.78, 5) is 17.3. The van der Waals surface area contributed by atoms with Crippen LogP contribution in [-0.4, -0.2) is 37.2 Å². The number of thiazole rings is 1. The van der Waals surface area contributed by atoms with Gasteiger partial charge >= 0.3 is 0 Å². The summed E-state index contributed by atoms with van der Waals surface area (Å²) in [6, 6.07) is 12.2. The number of hydrogen-bond donors (Lipinski definition) is 1. The van der Waals surface area contributed by atoms with Crippen molar-refractivity contribution in [3.63, 3.8) is 0 Å². The molecule has 0 aliphatic carbocycles. The van der Waals surface area contributed by atoms with E-state index in [2.05, 4.69) is 28.5 Å². The molecule has 0 fully saturated rings. The minimum absolute atomic E-state index is 0.175. The van der Waals surface area contributed by atoms with Crippen molar-refractivity contribution in [2.45, 2.75) is 38.5 Å². The van der Waals surface area contributed by atoms with Crippen LogP contribution in [0.1, 0.15) is 41.3 Å². The number of carbonyl (C=O) groups excluding carboxylic acids is 1. The quantitative estimate of drug-likeness (QED) is 0.510. The number of benzene rings is 2. The average molecular weight is 458 g/mol. The van der Waals surface area contributed by atoms with E-state index in [4.69, 9.17) is 0 Å². The largest absolute Gasteiger partial charge is 0.298 e. The highest BCUT2D eigenvalue weighted by Gasteiger charge is 2.20. The zero-order valence-corrected chi connectivity index (χ0v) is 19.8. The number of amides is 1. The minimum atomic E-state index is -3.56. The van der Waals surface area contributed by atoms with Gasteiger partial charge in [0.25, 0.3) is 5.91 Å². The van der Waals surface area contributed by atoms with Crippen LogP contribution in [0, 0.1) is 13.8 Å². The van der Waals surface area contributed by atoms with E-state index in [-0.39, 0.29) is 10.8 Å². The lowest BCUT2D eigenvalue weighted by Gasteiger charge is -2.16. The third-order valence-electron chi connectivity index (χ3n) is 5.04. The van der Waals surface area contributed by atoms with Gasteiger partial charge in [-0.05, 0) is 56.2 Å². The monoisotopic (exact) mass is 457 g/mol. The summed E-state index contributed by atoms with van der Waals surface area (Å²) in [5.74, 6) is -0.329. The highest BCUT2D eigenvalue weighted by Crippen LogP contribution is 2.28. The van der Waals surface area contributed by atoms with E-state index in [0.29, 0.717) is 17.2 Å². The lowest BCUT2D eigenvalue weighted by molar-refractivity contribution is 0.102. The number of carbonyl (C=O) groups is 1. The molecule has 164 valence electrons. The van der Waals surface area contributed by atoms with Crippen LogP contribution in [0.5, 0.6) is 0 Å². The molecule has 1 aromatic heterocycles. The Morgan fingerprint density at radius 2 is 1.84 bits per heavy atom. The molecule has 0 aliphatic heterocycles. The Morgan fingerprint density at radius 1 is 1.13 bits per heavy atom. The number of hydrogen-bond acceptors (Lipinski definition) is 5. The molecule has 0 unspecified atom stereocenters. The second kappa shape index (κ2) is 9.72. The maximum Gasteiger partial charge on any atom is 0.257 e. The number of nitrogens with zero attached hydrogens (tertiary/aromatic N) is 2. The summed E-state index contributed by atoms with van der Waals surface area (Å²) in [6.45, 7) is 6.54. The fourth-order valence-corrected chi connectivity index (χ4v) is 5.01. The van der Waals surface area contributed by atoms with Crippen molar-refractivity contribution in [1.29, 1.82) is 0 Å². The molecule has 1 N–H and O–H groups in total. The predicted molar refractivity (Wildman–Crippen MR) is 126 cm³/mol. The maximum atomic E-state index is 12.6. The molecule has 0 saturated heterocycles. The molecular weight excluding hydrogens is 430 g/mol. The number of rotatable bonds is 8. The average Bonchev–Trinajstić information content (AvgIpc) is 3.21. The van der Waals surface area contributed by atoms with Crippen molar-refractivity contribution >= 4 is 32.4 Å². The third kappa shape index (κ3) is 5.39. The maximum absolute atomic E-state index is 12.6. The van der Waals surface area contributed by atoms with Gasteiger partial charge in [0.15, 0.2) is 5.13 Å². The van der Waals surface area contributed by atoms with Crippen molar-refractivity contribution in [2.24, 2.45) is 0 Å². The highest BCUT2D eigenvalue weighted by molar-refractivity contribution is 7.89. The zero-order chi connectivity index (χ0) is 22.6.